The second-order valence-corrected chi connectivity index (χ2v) is 8.04. The minimum atomic E-state index is -1.38. The number of ether oxygens (including phenoxy) is 1. The molecule has 0 spiro atoms. The predicted molar refractivity (Wildman–Crippen MR) is 131 cm³/mol. The fourth-order valence-corrected chi connectivity index (χ4v) is 3.99. The highest BCUT2D eigenvalue weighted by Crippen LogP contribution is 2.38. The van der Waals surface area contributed by atoms with Crippen molar-refractivity contribution < 1.29 is 22.3 Å². The van der Waals surface area contributed by atoms with Crippen molar-refractivity contribution in [2.75, 3.05) is 30.0 Å². The lowest BCUT2D eigenvalue weighted by Gasteiger charge is -2.14. The number of halogens is 4. The van der Waals surface area contributed by atoms with Gasteiger partial charge in [0.15, 0.2) is 11.6 Å². The van der Waals surface area contributed by atoms with Crippen molar-refractivity contribution in [1.82, 2.24) is 29.7 Å². The lowest BCUT2D eigenvalue weighted by atomic mass is 10.1. The second kappa shape index (κ2) is 9.02. The third-order valence-electron chi connectivity index (χ3n) is 5.72. The molecule has 0 fully saturated rings. The van der Waals surface area contributed by atoms with E-state index < -0.39 is 35.3 Å². The van der Waals surface area contributed by atoms with Crippen LogP contribution in [0.1, 0.15) is 11.3 Å². The van der Waals surface area contributed by atoms with Crippen molar-refractivity contribution in [2.45, 2.75) is 6.42 Å². The number of benzene rings is 2. The van der Waals surface area contributed by atoms with E-state index in [0.717, 1.165) is 22.9 Å². The molecule has 0 saturated heterocycles. The van der Waals surface area contributed by atoms with Crippen molar-refractivity contribution in [3.05, 3.63) is 64.9 Å². The summed E-state index contributed by atoms with van der Waals surface area (Å²) in [4.78, 5) is 16.4. The van der Waals surface area contributed by atoms with Gasteiger partial charge in [-0.1, -0.05) is 0 Å². The van der Waals surface area contributed by atoms with Crippen LogP contribution in [0.4, 0.5) is 40.8 Å². The standard InChI is InChI=1S/C23H18F4N10O/c1-38-23-34-20(30)16(21(31)35-23)15-18(28)32-22(33-19(15)29)37-14-5-2-8(24)6-10(14)13(36-37)7-9-11(25)3-4-12(26)17(9)27/h2-6H,7H2,1H3,(H4,28,29,32,33)(H4,30,31,34,35). The molecule has 0 bridgehead atoms. The molecule has 8 N–H and O–H groups in total. The lowest BCUT2D eigenvalue weighted by molar-refractivity contribution is 0.381. The first-order chi connectivity index (χ1) is 18.1. The van der Waals surface area contributed by atoms with Crippen molar-refractivity contribution in [2.24, 2.45) is 0 Å². The molecule has 2 aromatic carbocycles. The molecule has 5 rings (SSSR count). The third-order valence-corrected chi connectivity index (χ3v) is 5.72. The van der Waals surface area contributed by atoms with Crippen LogP contribution in [-0.4, -0.2) is 36.8 Å². The second-order valence-electron chi connectivity index (χ2n) is 8.04. The zero-order valence-corrected chi connectivity index (χ0v) is 19.5. The number of nitrogens with two attached hydrogens (primary N) is 4. The lowest BCUT2D eigenvalue weighted by Crippen LogP contribution is -2.12. The Balaban J connectivity index is 1.67. The average molecular weight is 526 g/mol. The number of fused-ring (bicyclic) bond motifs is 1. The first kappa shape index (κ1) is 24.5. The summed E-state index contributed by atoms with van der Waals surface area (Å²) in [6.07, 6.45) is -0.498. The van der Waals surface area contributed by atoms with Crippen molar-refractivity contribution in [1.29, 1.82) is 0 Å². The predicted octanol–water partition coefficient (Wildman–Crippen LogP) is 2.76. The van der Waals surface area contributed by atoms with Crippen LogP contribution in [0, 0.1) is 23.3 Å². The number of hydrogen-bond donors (Lipinski definition) is 4. The van der Waals surface area contributed by atoms with Gasteiger partial charge in [0.05, 0.1) is 29.4 Å². The van der Waals surface area contributed by atoms with E-state index in [2.05, 4.69) is 25.0 Å². The van der Waals surface area contributed by atoms with E-state index in [-0.39, 0.29) is 63.0 Å². The van der Waals surface area contributed by atoms with Gasteiger partial charge < -0.3 is 27.7 Å². The molecule has 0 aliphatic rings. The van der Waals surface area contributed by atoms with Crippen LogP contribution in [-0.2, 0) is 6.42 Å². The normalized spacial score (nSPS) is 11.3. The van der Waals surface area contributed by atoms with Gasteiger partial charge in [-0.05, 0) is 30.3 Å². The zero-order chi connectivity index (χ0) is 27.3. The summed E-state index contributed by atoms with van der Waals surface area (Å²) in [6.45, 7) is 0. The van der Waals surface area contributed by atoms with Crippen LogP contribution in [0.2, 0.25) is 0 Å². The molecule has 0 aliphatic carbocycles. The number of methoxy groups -OCH3 is 1. The average Bonchev–Trinajstić information content (AvgIpc) is 3.22. The number of rotatable bonds is 5. The molecule has 38 heavy (non-hydrogen) atoms. The molecule has 194 valence electrons. The first-order valence-electron chi connectivity index (χ1n) is 10.8. The topological polar surface area (TPSA) is 183 Å². The summed E-state index contributed by atoms with van der Waals surface area (Å²) in [6, 6.07) is 4.99. The molecule has 0 unspecified atom stereocenters. The summed E-state index contributed by atoms with van der Waals surface area (Å²) >= 11 is 0. The van der Waals surface area contributed by atoms with E-state index in [1.54, 1.807) is 0 Å². The molecule has 0 atom stereocenters. The van der Waals surface area contributed by atoms with Crippen LogP contribution in [0.3, 0.4) is 0 Å². The molecule has 0 amide bonds. The van der Waals surface area contributed by atoms with Gasteiger partial charge in [0, 0.05) is 17.4 Å². The number of nitrogens with zero attached hydrogens (tertiary/aromatic N) is 6. The Hall–Kier alpha value is -5.21. The van der Waals surface area contributed by atoms with Crippen LogP contribution in [0.5, 0.6) is 6.01 Å². The Morgan fingerprint density at radius 3 is 1.97 bits per heavy atom. The molecule has 11 nitrogen and oxygen atoms in total. The van der Waals surface area contributed by atoms with Gasteiger partial charge in [-0.2, -0.15) is 29.7 Å². The summed E-state index contributed by atoms with van der Waals surface area (Å²) < 4.78 is 62.7. The molecule has 3 heterocycles. The highest BCUT2D eigenvalue weighted by molar-refractivity contribution is 5.93. The zero-order valence-electron chi connectivity index (χ0n) is 19.5. The molecule has 0 saturated carbocycles. The molecule has 5 aromatic rings. The Kier molecular flexibility index (Phi) is 5.81. The monoisotopic (exact) mass is 526 g/mol. The van der Waals surface area contributed by atoms with Crippen molar-refractivity contribution in [3.8, 4) is 23.1 Å². The highest BCUT2D eigenvalue weighted by Gasteiger charge is 2.24. The summed E-state index contributed by atoms with van der Waals surface area (Å²) in [7, 11) is 1.33. The Labute approximate surface area is 211 Å². The molecule has 15 heteroatoms. The maximum absolute atomic E-state index is 14.4. The van der Waals surface area contributed by atoms with Gasteiger partial charge in [0.25, 0.3) is 5.95 Å². The van der Waals surface area contributed by atoms with E-state index in [1.165, 1.54) is 13.2 Å². The molecule has 3 aromatic heterocycles. The molecular weight excluding hydrogens is 508 g/mol. The number of nitrogen functional groups attached to an aromatic ring is 4. The first-order valence-corrected chi connectivity index (χ1v) is 10.8. The minimum Gasteiger partial charge on any atom is -0.467 e. The molecule has 0 aliphatic heterocycles. The van der Waals surface area contributed by atoms with E-state index in [0.29, 0.717) is 6.07 Å². The third kappa shape index (κ3) is 3.99. The summed E-state index contributed by atoms with van der Waals surface area (Å²) in [5.74, 6) is -4.93. The van der Waals surface area contributed by atoms with E-state index >= 15 is 0 Å². The molecular formula is C23H18F4N10O. The quantitative estimate of drug-likeness (QED) is 0.196. The molecule has 0 radical (unpaired) electrons. The van der Waals surface area contributed by atoms with E-state index in [9.17, 15) is 17.6 Å². The van der Waals surface area contributed by atoms with Gasteiger partial charge in [-0.25, -0.2) is 17.6 Å². The Morgan fingerprint density at radius 1 is 0.789 bits per heavy atom. The number of anilines is 4. The maximum atomic E-state index is 14.4. The number of hydrogen-bond acceptors (Lipinski definition) is 10. The van der Waals surface area contributed by atoms with Crippen LogP contribution in [0.15, 0.2) is 30.3 Å². The van der Waals surface area contributed by atoms with Crippen LogP contribution >= 0.6 is 0 Å². The minimum absolute atomic E-state index is 0.0183. The summed E-state index contributed by atoms with van der Waals surface area (Å²) in [5, 5.41) is 4.49. The van der Waals surface area contributed by atoms with Crippen LogP contribution < -0.4 is 27.7 Å². The van der Waals surface area contributed by atoms with Gasteiger partial charge in [0.2, 0.25) is 0 Å². The largest absolute Gasteiger partial charge is 0.467 e. The SMILES string of the molecule is COc1nc(N)c(-c2c(N)nc(-n3nc(Cc4c(F)ccc(F)c4F)c4cc(F)ccc43)nc2N)c(N)n1. The highest BCUT2D eigenvalue weighted by atomic mass is 19.2. The van der Waals surface area contributed by atoms with Gasteiger partial charge in [-0.15, -0.1) is 0 Å². The van der Waals surface area contributed by atoms with E-state index in [4.69, 9.17) is 27.7 Å². The van der Waals surface area contributed by atoms with Gasteiger partial charge >= 0.3 is 6.01 Å². The number of aromatic nitrogens is 6. The van der Waals surface area contributed by atoms with Crippen molar-refractivity contribution in [3.63, 3.8) is 0 Å². The Bertz CT molecular complexity index is 1690. The smallest absolute Gasteiger partial charge is 0.320 e. The van der Waals surface area contributed by atoms with E-state index in [1.807, 2.05) is 0 Å². The van der Waals surface area contributed by atoms with Gasteiger partial charge in [0.1, 0.15) is 34.9 Å². The van der Waals surface area contributed by atoms with Gasteiger partial charge in [-0.3, -0.25) is 0 Å². The summed E-state index contributed by atoms with van der Waals surface area (Å²) in [5.41, 5.74) is 24.2. The fourth-order valence-electron chi connectivity index (χ4n) is 3.99. The Morgan fingerprint density at radius 2 is 1.37 bits per heavy atom. The maximum Gasteiger partial charge on any atom is 0.320 e. The van der Waals surface area contributed by atoms with Crippen molar-refractivity contribution >= 4 is 34.2 Å². The van der Waals surface area contributed by atoms with Crippen LogP contribution in [0.25, 0.3) is 28.0 Å². The fraction of sp³-hybridized carbons (Fsp3) is 0.0870.